The Morgan fingerprint density at radius 1 is 1.17 bits per heavy atom. The number of carbonyl (C=O) groups is 2. The minimum absolute atomic E-state index is 0.0852. The number of hydrogen-bond donors (Lipinski definition) is 0. The van der Waals surface area contributed by atoms with Gasteiger partial charge in [0.05, 0.1) is 18.6 Å². The van der Waals surface area contributed by atoms with Gasteiger partial charge in [-0.1, -0.05) is 13.8 Å². The first kappa shape index (κ1) is 21.4. The van der Waals surface area contributed by atoms with Crippen LogP contribution in [0.25, 0.3) is 11.0 Å². The molecule has 1 fully saturated rings. The molecule has 0 aliphatic carbocycles. The summed E-state index contributed by atoms with van der Waals surface area (Å²) in [4.78, 5) is 36.7. The second-order valence-electron chi connectivity index (χ2n) is 7.25. The fraction of sp³-hybridized carbons (Fsp3) is 0.579. The smallest absolute Gasteiger partial charge is 0.409 e. The van der Waals surface area contributed by atoms with Crippen molar-refractivity contribution in [1.82, 2.24) is 19.4 Å². The van der Waals surface area contributed by atoms with Crippen LogP contribution in [-0.2, 0) is 20.8 Å². The first-order valence-electron chi connectivity index (χ1n) is 9.72. The Morgan fingerprint density at radius 2 is 1.90 bits per heavy atom. The van der Waals surface area contributed by atoms with Crippen LogP contribution in [0.1, 0.15) is 20.8 Å². The molecule has 1 saturated heterocycles. The van der Waals surface area contributed by atoms with Crippen molar-refractivity contribution in [3.63, 3.8) is 0 Å². The second-order valence-corrected chi connectivity index (χ2v) is 8.11. The third-order valence-corrected chi connectivity index (χ3v) is 5.17. The predicted octanol–water partition coefficient (Wildman–Crippen LogP) is 2.67. The lowest BCUT2D eigenvalue weighted by Crippen LogP contribution is -2.49. The molecule has 2 aromatic heterocycles. The van der Waals surface area contributed by atoms with Crippen molar-refractivity contribution in [3.05, 3.63) is 17.0 Å². The molecule has 1 aliphatic rings. The highest BCUT2D eigenvalue weighted by Gasteiger charge is 2.26. The fourth-order valence-electron chi connectivity index (χ4n) is 3.20. The van der Waals surface area contributed by atoms with Crippen molar-refractivity contribution in [2.75, 3.05) is 44.3 Å². The molecule has 2 aromatic rings. The van der Waals surface area contributed by atoms with Gasteiger partial charge in [-0.3, -0.25) is 4.79 Å². The molecule has 0 atom stereocenters. The van der Waals surface area contributed by atoms with E-state index in [-0.39, 0.29) is 18.6 Å². The van der Waals surface area contributed by atoms with Gasteiger partial charge < -0.3 is 23.8 Å². The number of halogens is 1. The van der Waals surface area contributed by atoms with Gasteiger partial charge in [0.15, 0.2) is 0 Å². The van der Waals surface area contributed by atoms with E-state index in [1.54, 1.807) is 16.4 Å². The third-order valence-electron chi connectivity index (χ3n) is 4.57. The molecule has 0 radical (unpaired) electrons. The highest BCUT2D eigenvalue weighted by atomic mass is 79.9. The summed E-state index contributed by atoms with van der Waals surface area (Å²) in [6, 6.07) is 0. The van der Waals surface area contributed by atoms with E-state index in [4.69, 9.17) is 9.47 Å². The number of amides is 1. The van der Waals surface area contributed by atoms with Gasteiger partial charge in [0.2, 0.25) is 0 Å². The van der Waals surface area contributed by atoms with Crippen LogP contribution in [0.3, 0.4) is 0 Å². The number of ether oxygens (including phenoxy) is 2. The Morgan fingerprint density at radius 3 is 2.55 bits per heavy atom. The topological polar surface area (TPSA) is 89.8 Å². The summed E-state index contributed by atoms with van der Waals surface area (Å²) in [5.74, 6) is 0.774. The summed E-state index contributed by atoms with van der Waals surface area (Å²) >= 11 is 3.57. The molecule has 10 heteroatoms. The van der Waals surface area contributed by atoms with Gasteiger partial charge in [0.25, 0.3) is 0 Å². The molecular formula is C19H26BrN5O4. The number of piperazine rings is 1. The van der Waals surface area contributed by atoms with E-state index in [1.165, 1.54) is 6.33 Å². The quantitative estimate of drug-likeness (QED) is 0.603. The first-order valence-corrected chi connectivity index (χ1v) is 10.5. The van der Waals surface area contributed by atoms with Crippen molar-refractivity contribution >= 4 is 44.8 Å². The van der Waals surface area contributed by atoms with Crippen molar-refractivity contribution < 1.29 is 19.1 Å². The van der Waals surface area contributed by atoms with Crippen LogP contribution in [0.5, 0.6) is 0 Å². The molecule has 158 valence electrons. The average molecular weight is 468 g/mol. The lowest BCUT2D eigenvalue weighted by molar-refractivity contribution is -0.143. The Bertz CT molecular complexity index is 877. The summed E-state index contributed by atoms with van der Waals surface area (Å²) in [6.45, 7) is 9.04. The first-order chi connectivity index (χ1) is 13.9. The van der Waals surface area contributed by atoms with Gasteiger partial charge in [0, 0.05) is 36.8 Å². The lowest BCUT2D eigenvalue weighted by atomic mass is 10.2. The van der Waals surface area contributed by atoms with Crippen LogP contribution in [0, 0.1) is 5.92 Å². The van der Waals surface area contributed by atoms with Crippen molar-refractivity contribution in [2.45, 2.75) is 27.3 Å². The zero-order valence-corrected chi connectivity index (χ0v) is 18.5. The fourth-order valence-corrected chi connectivity index (χ4v) is 3.80. The van der Waals surface area contributed by atoms with Gasteiger partial charge in [-0.15, -0.1) is 0 Å². The summed E-state index contributed by atoms with van der Waals surface area (Å²) in [5, 5.41) is 0.840. The number of hydrogen-bond acceptors (Lipinski definition) is 7. The number of nitrogens with zero attached hydrogens (tertiary/aromatic N) is 5. The molecule has 0 saturated carbocycles. The molecule has 0 N–H and O–H groups in total. The van der Waals surface area contributed by atoms with Crippen LogP contribution >= 0.6 is 15.9 Å². The molecule has 3 rings (SSSR count). The normalized spacial score (nSPS) is 14.5. The maximum atomic E-state index is 12.2. The maximum absolute atomic E-state index is 12.2. The Hall–Kier alpha value is -2.36. The van der Waals surface area contributed by atoms with Crippen LogP contribution in [-0.4, -0.2) is 70.9 Å². The lowest BCUT2D eigenvalue weighted by Gasteiger charge is -2.35. The van der Waals surface area contributed by atoms with Crippen molar-refractivity contribution in [1.29, 1.82) is 0 Å². The Labute approximate surface area is 178 Å². The van der Waals surface area contributed by atoms with E-state index < -0.39 is 0 Å². The summed E-state index contributed by atoms with van der Waals surface area (Å²) in [5.41, 5.74) is 0.661. The van der Waals surface area contributed by atoms with Crippen LogP contribution < -0.4 is 4.90 Å². The monoisotopic (exact) mass is 467 g/mol. The van der Waals surface area contributed by atoms with Crippen LogP contribution in [0.2, 0.25) is 0 Å². The standard InChI is InChI=1S/C19H26BrN5O4/c1-4-28-15(26)10-25-9-14(20)16-17(21-12-22-18(16)25)23-5-7-24(8-6-23)19(27)29-11-13(2)3/h9,12-13H,4-8,10-11H2,1-3H3. The minimum atomic E-state index is -0.314. The van der Waals surface area contributed by atoms with Gasteiger partial charge in [0.1, 0.15) is 24.3 Å². The van der Waals surface area contributed by atoms with Crippen molar-refractivity contribution in [3.8, 4) is 0 Å². The van der Waals surface area contributed by atoms with Crippen molar-refractivity contribution in [2.24, 2.45) is 5.92 Å². The van der Waals surface area contributed by atoms with E-state index in [9.17, 15) is 9.59 Å². The molecule has 0 aromatic carbocycles. The molecule has 29 heavy (non-hydrogen) atoms. The van der Waals surface area contributed by atoms with Gasteiger partial charge in [-0.2, -0.15) is 0 Å². The molecule has 3 heterocycles. The molecule has 1 amide bonds. The third kappa shape index (κ3) is 4.98. The zero-order valence-electron chi connectivity index (χ0n) is 16.9. The highest BCUT2D eigenvalue weighted by Crippen LogP contribution is 2.32. The maximum Gasteiger partial charge on any atom is 0.409 e. The van der Waals surface area contributed by atoms with Crippen LogP contribution in [0.15, 0.2) is 17.0 Å². The molecule has 0 spiro atoms. The number of fused-ring (bicyclic) bond motifs is 1. The van der Waals surface area contributed by atoms with E-state index in [0.29, 0.717) is 51.0 Å². The highest BCUT2D eigenvalue weighted by molar-refractivity contribution is 9.10. The molecule has 0 unspecified atom stereocenters. The second kappa shape index (κ2) is 9.43. The number of anilines is 1. The Balaban J connectivity index is 1.73. The number of carbonyl (C=O) groups excluding carboxylic acids is 2. The zero-order chi connectivity index (χ0) is 21.0. The summed E-state index contributed by atoms with van der Waals surface area (Å²) < 4.78 is 12.9. The minimum Gasteiger partial charge on any atom is -0.465 e. The number of esters is 1. The molecule has 9 nitrogen and oxygen atoms in total. The summed E-state index contributed by atoms with van der Waals surface area (Å²) in [7, 11) is 0. The largest absolute Gasteiger partial charge is 0.465 e. The number of rotatable bonds is 6. The molecule has 0 bridgehead atoms. The van der Waals surface area contributed by atoms with E-state index in [0.717, 1.165) is 15.7 Å². The van der Waals surface area contributed by atoms with E-state index >= 15 is 0 Å². The average Bonchev–Trinajstić information content (AvgIpc) is 3.02. The Kier molecular flexibility index (Phi) is 6.94. The van der Waals surface area contributed by atoms with Gasteiger partial charge >= 0.3 is 12.1 Å². The van der Waals surface area contributed by atoms with Gasteiger partial charge in [-0.25, -0.2) is 14.8 Å². The molecule has 1 aliphatic heterocycles. The van der Waals surface area contributed by atoms with Gasteiger partial charge in [-0.05, 0) is 28.8 Å². The van der Waals surface area contributed by atoms with Crippen LogP contribution in [0.4, 0.5) is 10.6 Å². The SMILES string of the molecule is CCOC(=O)Cn1cc(Br)c2c(N3CCN(C(=O)OCC(C)C)CC3)ncnc21. The summed E-state index contributed by atoms with van der Waals surface area (Å²) in [6.07, 6.45) is 3.04. The van der Waals surface area contributed by atoms with E-state index in [2.05, 4.69) is 30.8 Å². The van der Waals surface area contributed by atoms with E-state index in [1.807, 2.05) is 20.0 Å². The molecular weight excluding hydrogens is 442 g/mol. The predicted molar refractivity (Wildman–Crippen MR) is 112 cm³/mol. The number of aromatic nitrogens is 3.